The lowest BCUT2D eigenvalue weighted by Crippen LogP contribution is -2.30. The second-order valence-corrected chi connectivity index (χ2v) is 23.0. The summed E-state index contributed by atoms with van der Waals surface area (Å²) in [5.74, 6) is -1.07. The number of carbonyl (C=O) groups is 2. The van der Waals surface area contributed by atoms with Crippen LogP contribution in [0.2, 0.25) is 0 Å². The van der Waals surface area contributed by atoms with E-state index >= 15 is 0 Å². The van der Waals surface area contributed by atoms with Crippen LogP contribution in [0.3, 0.4) is 0 Å². The molecule has 17 heteroatoms. The van der Waals surface area contributed by atoms with Gasteiger partial charge in [0.1, 0.15) is 24.2 Å². The highest BCUT2D eigenvalue weighted by Crippen LogP contribution is 2.37. The molecule has 8 aromatic carbocycles. The molecule has 0 aliphatic heterocycles. The molecule has 14 nitrogen and oxygen atoms in total. The molecule has 5 heterocycles. The van der Waals surface area contributed by atoms with E-state index < -0.39 is 15.5 Å². The van der Waals surface area contributed by atoms with Crippen molar-refractivity contribution in [3.8, 4) is 22.7 Å². The Bertz CT molecular complexity index is 4220. The third-order valence-electron chi connectivity index (χ3n) is 12.8. The minimum Gasteiger partial charge on any atom is -0.480 e. The molecule has 0 radical (unpaired) electrons. The Morgan fingerprint density at radius 1 is 0.512 bits per heavy atom. The molecule has 0 atom stereocenters. The Morgan fingerprint density at radius 3 is 1.38 bits per heavy atom. The first-order valence-electron chi connectivity index (χ1n) is 26.3. The van der Waals surface area contributed by atoms with Gasteiger partial charge in [-0.2, -0.15) is 20.4 Å². The SMILES string of the molecule is CC(C)(Sc1ccnn1-c1cccc2ccccc12)C(=O)O.CCOC(=O)C(C)(C)Sc1ccnn1-c1cccc2ccccc12.S=c1cc[nH]n1-c1cccc2ccccc12.c1ccc2c(-n3cccn3)cccc2c1.c1cn[nH]c1. The number of hydrogen-bond donors (Lipinski definition) is 3. The molecule has 0 saturated heterocycles. The summed E-state index contributed by atoms with van der Waals surface area (Å²) in [6.07, 6.45) is 12.5. The molecule has 3 N–H and O–H groups in total. The smallest absolute Gasteiger partial charge is 0.322 e. The zero-order valence-electron chi connectivity index (χ0n) is 45.8. The lowest BCUT2D eigenvalue weighted by Gasteiger charge is -2.22. The van der Waals surface area contributed by atoms with E-state index in [1.165, 1.54) is 45.1 Å². The standard InChI is InChI=1S/C19H20N2O2S.C17H16N2O2S.C13H10N2S.C13H10N2.C3H4N2/c1-4-23-18(22)19(2,3)24-17-12-13-20-21(17)16-11-7-9-14-8-5-6-10-15(14)16;1-17(2,16(20)21)22-15-10-11-18-19(15)14-9-5-7-12-6-3-4-8-13(12)14;16-13-8-9-14-15(13)12-7-3-5-10-4-1-2-6-11(10)12;1-2-7-12-11(5-1)6-3-8-13(12)15-10-4-9-14-15;1-2-4-5-3-1/h5-13H,4H2,1-3H3;3-11H,1-2H3,(H,20,21);1-9,14H;1-10H;1-3H,(H,4,5). The predicted octanol–water partition coefficient (Wildman–Crippen LogP) is 15.6. The lowest BCUT2D eigenvalue weighted by molar-refractivity contribution is -0.145. The summed E-state index contributed by atoms with van der Waals surface area (Å²) >= 11 is 8.01. The largest absolute Gasteiger partial charge is 0.480 e. The zero-order valence-corrected chi connectivity index (χ0v) is 48.2. The van der Waals surface area contributed by atoms with E-state index in [9.17, 15) is 14.7 Å². The number of carboxylic acid groups (broad SMARTS) is 1. The van der Waals surface area contributed by atoms with E-state index in [-0.39, 0.29) is 5.97 Å². The summed E-state index contributed by atoms with van der Waals surface area (Å²) in [5.41, 5.74) is 4.17. The van der Waals surface area contributed by atoms with Crippen LogP contribution < -0.4 is 0 Å². The van der Waals surface area contributed by atoms with E-state index in [0.717, 1.165) is 59.0 Å². The molecular formula is C65H60N10O4S3. The van der Waals surface area contributed by atoms with Gasteiger partial charge in [-0.15, -0.1) is 0 Å². The van der Waals surface area contributed by atoms with Gasteiger partial charge in [-0.1, -0.05) is 181 Å². The van der Waals surface area contributed by atoms with Gasteiger partial charge in [0.15, 0.2) is 0 Å². The van der Waals surface area contributed by atoms with Gasteiger partial charge in [0, 0.05) is 52.5 Å². The molecular weight excluding hydrogens is 1080 g/mol. The number of thioether (sulfide) groups is 2. The Balaban J connectivity index is 0.000000130. The normalized spacial score (nSPS) is 11.1. The van der Waals surface area contributed by atoms with Crippen LogP contribution in [0.25, 0.3) is 65.8 Å². The van der Waals surface area contributed by atoms with Crippen LogP contribution in [0.1, 0.15) is 34.6 Å². The van der Waals surface area contributed by atoms with Crippen molar-refractivity contribution < 1.29 is 19.4 Å². The molecule has 0 aliphatic rings. The molecule has 82 heavy (non-hydrogen) atoms. The topological polar surface area (TPSA) is 166 Å². The van der Waals surface area contributed by atoms with Crippen molar-refractivity contribution in [3.63, 3.8) is 0 Å². The minimum atomic E-state index is -0.914. The summed E-state index contributed by atoms with van der Waals surface area (Å²) in [4.78, 5) is 23.5. The molecule has 5 aromatic heterocycles. The van der Waals surface area contributed by atoms with Crippen LogP contribution in [0, 0.1) is 4.64 Å². The third kappa shape index (κ3) is 13.8. The maximum absolute atomic E-state index is 12.2. The highest BCUT2D eigenvalue weighted by atomic mass is 32.2. The van der Waals surface area contributed by atoms with Gasteiger partial charge in [0.05, 0.1) is 41.8 Å². The van der Waals surface area contributed by atoms with Gasteiger partial charge >= 0.3 is 11.9 Å². The number of aliphatic carboxylic acids is 1. The molecule has 0 spiro atoms. The molecule has 412 valence electrons. The van der Waals surface area contributed by atoms with E-state index in [1.807, 2.05) is 150 Å². The zero-order chi connectivity index (χ0) is 57.5. The van der Waals surface area contributed by atoms with Crippen molar-refractivity contribution in [2.75, 3.05) is 6.61 Å². The van der Waals surface area contributed by atoms with Gasteiger partial charge in [0.25, 0.3) is 0 Å². The first-order valence-corrected chi connectivity index (χ1v) is 28.4. The van der Waals surface area contributed by atoms with Gasteiger partial charge in [0.2, 0.25) is 0 Å². The van der Waals surface area contributed by atoms with Crippen LogP contribution in [0.4, 0.5) is 0 Å². The van der Waals surface area contributed by atoms with E-state index in [2.05, 4.69) is 128 Å². The molecule has 0 unspecified atom stereocenters. The fourth-order valence-corrected chi connectivity index (χ4v) is 11.0. The maximum Gasteiger partial charge on any atom is 0.322 e. The number of carbonyl (C=O) groups excluding carboxylic acids is 1. The fraction of sp³-hybridized carbons (Fsp3) is 0.123. The van der Waals surface area contributed by atoms with Gasteiger partial charge in [-0.25, -0.2) is 18.7 Å². The Morgan fingerprint density at radius 2 is 0.963 bits per heavy atom. The molecule has 13 rings (SSSR count). The van der Waals surface area contributed by atoms with Crippen LogP contribution in [0.15, 0.2) is 254 Å². The van der Waals surface area contributed by atoms with Crippen molar-refractivity contribution in [3.05, 3.63) is 248 Å². The maximum atomic E-state index is 12.2. The number of carboxylic acids is 1. The Hall–Kier alpha value is -9.29. The summed E-state index contributed by atoms with van der Waals surface area (Å²) in [6, 6.07) is 66.9. The highest BCUT2D eigenvalue weighted by molar-refractivity contribution is 8.01. The number of aromatic amines is 2. The number of ether oxygens (including phenoxy) is 1. The lowest BCUT2D eigenvalue weighted by atomic mass is 10.1. The third-order valence-corrected chi connectivity index (χ3v) is 15.5. The average molecular weight is 1140 g/mol. The minimum absolute atomic E-state index is 0.222. The number of benzene rings is 8. The first-order chi connectivity index (χ1) is 39.8. The van der Waals surface area contributed by atoms with Crippen molar-refractivity contribution >= 4 is 90.8 Å². The van der Waals surface area contributed by atoms with Gasteiger partial charge in [-0.05, 0) is 111 Å². The van der Waals surface area contributed by atoms with E-state index in [1.54, 1.807) is 49.5 Å². The number of rotatable bonds is 11. The number of aromatic nitrogens is 10. The quantitative estimate of drug-likeness (QED) is 0.0641. The number of H-pyrrole nitrogens is 2. The molecule has 13 aromatic rings. The summed E-state index contributed by atoms with van der Waals surface area (Å²) in [6.45, 7) is 9.33. The van der Waals surface area contributed by atoms with Crippen LogP contribution in [-0.4, -0.2) is 82.5 Å². The van der Waals surface area contributed by atoms with Crippen molar-refractivity contribution in [1.82, 2.24) is 49.3 Å². The monoisotopic (exact) mass is 1140 g/mol. The number of nitrogens with one attached hydrogen (secondary N) is 2. The molecule has 0 aliphatic carbocycles. The van der Waals surface area contributed by atoms with Crippen LogP contribution >= 0.6 is 35.7 Å². The Kier molecular flexibility index (Phi) is 18.7. The van der Waals surface area contributed by atoms with E-state index in [4.69, 9.17) is 17.0 Å². The second-order valence-electron chi connectivity index (χ2n) is 19.3. The highest BCUT2D eigenvalue weighted by Gasteiger charge is 2.32. The van der Waals surface area contributed by atoms with Gasteiger partial charge < -0.3 is 14.9 Å². The van der Waals surface area contributed by atoms with Crippen molar-refractivity contribution in [2.24, 2.45) is 0 Å². The van der Waals surface area contributed by atoms with Gasteiger partial charge in [-0.3, -0.25) is 14.7 Å². The number of hydrogen-bond acceptors (Lipinski definition) is 10. The van der Waals surface area contributed by atoms with Crippen LogP contribution in [-0.2, 0) is 14.3 Å². The Labute approximate surface area is 488 Å². The predicted molar refractivity (Wildman–Crippen MR) is 334 cm³/mol. The van der Waals surface area contributed by atoms with Crippen molar-refractivity contribution in [1.29, 1.82) is 0 Å². The molecule has 0 bridgehead atoms. The van der Waals surface area contributed by atoms with Crippen molar-refractivity contribution in [2.45, 2.75) is 54.2 Å². The summed E-state index contributed by atoms with van der Waals surface area (Å²) in [7, 11) is 0. The summed E-state index contributed by atoms with van der Waals surface area (Å²) < 4.78 is 11.9. The molecule has 0 amide bonds. The second kappa shape index (κ2) is 26.8. The fourth-order valence-electron chi connectivity index (χ4n) is 8.75. The number of nitrogens with zero attached hydrogens (tertiary/aromatic N) is 8. The molecule has 0 fully saturated rings. The molecule has 0 saturated carbocycles. The summed E-state index contributed by atoms with van der Waals surface area (Å²) in [5, 5.41) is 42.9. The number of fused-ring (bicyclic) bond motifs is 4. The van der Waals surface area contributed by atoms with Crippen LogP contribution in [0.5, 0.6) is 0 Å². The first kappa shape index (κ1) is 57.4. The van der Waals surface area contributed by atoms with E-state index in [0.29, 0.717) is 6.61 Å². The number of esters is 1. The average Bonchev–Trinajstić information content (AvgIpc) is 4.43.